The molecule has 0 aliphatic rings. The maximum Gasteiger partial charge on any atom is 0.260 e. The number of halogens is 1. The second-order valence-corrected chi connectivity index (χ2v) is 7.27. The summed E-state index contributed by atoms with van der Waals surface area (Å²) < 4.78 is 0. The summed E-state index contributed by atoms with van der Waals surface area (Å²) in [5.41, 5.74) is 6.05. The lowest BCUT2D eigenvalue weighted by atomic mass is 10.2. The number of hydrogen-bond acceptors (Lipinski definition) is 4. The molecule has 0 aliphatic carbocycles. The third-order valence-corrected chi connectivity index (χ3v) is 4.92. The Morgan fingerprint density at radius 1 is 1.04 bits per heavy atom. The minimum absolute atomic E-state index is 0.156. The van der Waals surface area contributed by atoms with Crippen LogP contribution in [0.2, 0.25) is 5.02 Å². The number of hydrogen-bond donors (Lipinski definition) is 3. The fraction of sp³-hybridized carbons (Fsp3) is 0.211. The molecule has 0 fully saturated rings. The highest BCUT2D eigenvalue weighted by atomic mass is 35.5. The Morgan fingerprint density at radius 2 is 1.70 bits per heavy atom. The van der Waals surface area contributed by atoms with Gasteiger partial charge in [-0.1, -0.05) is 41.4 Å². The molecule has 0 aromatic heterocycles. The summed E-state index contributed by atoms with van der Waals surface area (Å²) >= 11 is 7.32. The van der Waals surface area contributed by atoms with Crippen molar-refractivity contribution in [3.63, 3.8) is 0 Å². The Morgan fingerprint density at radius 3 is 2.37 bits per heavy atom. The van der Waals surface area contributed by atoms with Crippen LogP contribution in [0.15, 0.2) is 53.4 Å². The Labute approximate surface area is 167 Å². The first-order valence-corrected chi connectivity index (χ1v) is 9.56. The number of benzene rings is 2. The van der Waals surface area contributed by atoms with Gasteiger partial charge in [0.15, 0.2) is 0 Å². The summed E-state index contributed by atoms with van der Waals surface area (Å²) in [5.74, 6) is -1.20. The maximum atomic E-state index is 12.1. The molecule has 0 aliphatic heterocycles. The molecule has 0 bridgehead atoms. The number of thioether (sulfide) groups is 1. The summed E-state index contributed by atoms with van der Waals surface area (Å²) in [4.78, 5) is 37.0. The minimum atomic E-state index is -0.848. The molecule has 142 valence electrons. The van der Waals surface area contributed by atoms with E-state index in [1.807, 2.05) is 31.2 Å². The van der Waals surface area contributed by atoms with Crippen LogP contribution in [0.3, 0.4) is 0 Å². The van der Waals surface area contributed by atoms with Crippen molar-refractivity contribution < 1.29 is 14.4 Å². The smallest absolute Gasteiger partial charge is 0.260 e. The van der Waals surface area contributed by atoms with Crippen LogP contribution in [-0.4, -0.2) is 29.5 Å². The highest BCUT2D eigenvalue weighted by Crippen LogP contribution is 2.17. The van der Waals surface area contributed by atoms with Crippen LogP contribution in [0, 0.1) is 6.92 Å². The van der Waals surface area contributed by atoms with Gasteiger partial charge in [0.25, 0.3) is 11.8 Å². The first kappa shape index (κ1) is 20.8. The molecular weight excluding hydrogens is 386 g/mol. The van der Waals surface area contributed by atoms with Crippen molar-refractivity contribution in [1.29, 1.82) is 0 Å². The van der Waals surface area contributed by atoms with E-state index in [9.17, 15) is 14.4 Å². The standard InChI is InChI=1S/C19H20ClN3O3S/c1-12-7-9-14(10-8-12)27-11-17(24)22-23-18(25)13(2)21-19(26)15-5-3-4-6-16(15)20/h3-10,13H,11H2,1-2H3,(H,21,26)(H,22,24)(H,23,25). The third-order valence-electron chi connectivity index (χ3n) is 3.58. The van der Waals surface area contributed by atoms with E-state index >= 15 is 0 Å². The number of carbonyl (C=O) groups is 3. The van der Waals surface area contributed by atoms with Crippen LogP contribution in [0.25, 0.3) is 0 Å². The summed E-state index contributed by atoms with van der Waals surface area (Å²) in [5, 5.41) is 2.83. The zero-order valence-corrected chi connectivity index (χ0v) is 16.5. The largest absolute Gasteiger partial charge is 0.340 e. The summed E-state index contributed by atoms with van der Waals surface area (Å²) in [6.07, 6.45) is 0. The molecule has 0 spiro atoms. The van der Waals surface area contributed by atoms with E-state index in [0.717, 1.165) is 10.5 Å². The topological polar surface area (TPSA) is 87.3 Å². The third kappa shape index (κ3) is 6.62. The normalized spacial score (nSPS) is 11.4. The van der Waals surface area contributed by atoms with Gasteiger partial charge in [0, 0.05) is 4.90 Å². The van der Waals surface area contributed by atoms with Crippen molar-refractivity contribution in [2.75, 3.05) is 5.75 Å². The number of nitrogens with one attached hydrogen (secondary N) is 3. The number of hydrazine groups is 1. The molecule has 0 saturated carbocycles. The van der Waals surface area contributed by atoms with E-state index in [1.165, 1.54) is 18.7 Å². The lowest BCUT2D eigenvalue weighted by Gasteiger charge is -2.15. The Bertz CT molecular complexity index is 827. The molecule has 3 amide bonds. The fourth-order valence-corrected chi connectivity index (χ4v) is 2.96. The van der Waals surface area contributed by atoms with Crippen LogP contribution in [-0.2, 0) is 9.59 Å². The molecule has 1 atom stereocenters. The number of carbonyl (C=O) groups excluding carboxylic acids is 3. The number of rotatable bonds is 6. The van der Waals surface area contributed by atoms with Crippen LogP contribution >= 0.6 is 23.4 Å². The Kier molecular flexibility index (Phi) is 7.69. The molecule has 2 rings (SSSR count). The monoisotopic (exact) mass is 405 g/mol. The molecule has 0 saturated heterocycles. The number of amides is 3. The second kappa shape index (κ2) is 9.99. The van der Waals surface area contributed by atoms with Crippen LogP contribution in [0.1, 0.15) is 22.8 Å². The highest BCUT2D eigenvalue weighted by Gasteiger charge is 2.18. The molecule has 2 aromatic rings. The summed E-state index contributed by atoms with van der Waals surface area (Å²) in [6, 6.07) is 13.5. The summed E-state index contributed by atoms with van der Waals surface area (Å²) in [6.45, 7) is 3.50. The average molecular weight is 406 g/mol. The van der Waals surface area contributed by atoms with Gasteiger partial charge in [0.2, 0.25) is 5.91 Å². The second-order valence-electron chi connectivity index (χ2n) is 5.81. The molecule has 6 nitrogen and oxygen atoms in total. The first-order valence-electron chi connectivity index (χ1n) is 8.20. The fourth-order valence-electron chi connectivity index (χ4n) is 2.04. The van der Waals surface area contributed by atoms with Gasteiger partial charge < -0.3 is 5.32 Å². The molecule has 2 aromatic carbocycles. The molecule has 1 unspecified atom stereocenters. The zero-order valence-electron chi connectivity index (χ0n) is 14.9. The molecule has 3 N–H and O–H groups in total. The molecular formula is C19H20ClN3O3S. The van der Waals surface area contributed by atoms with Gasteiger partial charge in [-0.2, -0.15) is 0 Å². The van der Waals surface area contributed by atoms with Crippen molar-refractivity contribution in [2.24, 2.45) is 0 Å². The van der Waals surface area contributed by atoms with Gasteiger partial charge in [-0.3, -0.25) is 25.2 Å². The zero-order chi connectivity index (χ0) is 19.8. The highest BCUT2D eigenvalue weighted by molar-refractivity contribution is 8.00. The molecule has 0 heterocycles. The molecule has 27 heavy (non-hydrogen) atoms. The Hall–Kier alpha value is -2.51. The van der Waals surface area contributed by atoms with Crippen molar-refractivity contribution in [3.05, 3.63) is 64.7 Å². The SMILES string of the molecule is Cc1ccc(SCC(=O)NNC(=O)C(C)NC(=O)c2ccccc2Cl)cc1. The van der Waals surface area contributed by atoms with Crippen molar-refractivity contribution in [1.82, 2.24) is 16.2 Å². The quantitative estimate of drug-likeness (QED) is 0.509. The van der Waals surface area contributed by atoms with E-state index in [0.29, 0.717) is 5.02 Å². The van der Waals surface area contributed by atoms with Gasteiger partial charge in [0.05, 0.1) is 16.3 Å². The predicted molar refractivity (Wildman–Crippen MR) is 107 cm³/mol. The lowest BCUT2D eigenvalue weighted by Crippen LogP contribution is -2.51. The van der Waals surface area contributed by atoms with Gasteiger partial charge in [-0.05, 0) is 38.1 Å². The van der Waals surface area contributed by atoms with Crippen LogP contribution in [0.4, 0.5) is 0 Å². The van der Waals surface area contributed by atoms with E-state index in [2.05, 4.69) is 16.2 Å². The van der Waals surface area contributed by atoms with Crippen molar-refractivity contribution in [2.45, 2.75) is 24.8 Å². The Balaban J connectivity index is 1.75. The van der Waals surface area contributed by atoms with Gasteiger partial charge >= 0.3 is 0 Å². The predicted octanol–water partition coefficient (Wildman–Crippen LogP) is 2.71. The van der Waals surface area contributed by atoms with Gasteiger partial charge in [-0.15, -0.1) is 11.8 Å². The van der Waals surface area contributed by atoms with Gasteiger partial charge in [-0.25, -0.2) is 0 Å². The summed E-state index contributed by atoms with van der Waals surface area (Å²) in [7, 11) is 0. The van der Waals surface area contributed by atoms with Crippen molar-refractivity contribution >= 4 is 41.1 Å². The first-order chi connectivity index (χ1) is 12.9. The van der Waals surface area contributed by atoms with Crippen LogP contribution < -0.4 is 16.2 Å². The lowest BCUT2D eigenvalue weighted by molar-refractivity contribution is -0.128. The average Bonchev–Trinajstić information content (AvgIpc) is 2.65. The van der Waals surface area contributed by atoms with Crippen molar-refractivity contribution in [3.8, 4) is 0 Å². The maximum absolute atomic E-state index is 12.1. The number of aryl methyl sites for hydroxylation is 1. The van der Waals surface area contributed by atoms with E-state index < -0.39 is 17.9 Å². The van der Waals surface area contributed by atoms with Crippen LogP contribution in [0.5, 0.6) is 0 Å². The molecule has 8 heteroatoms. The van der Waals surface area contributed by atoms with E-state index in [-0.39, 0.29) is 17.2 Å². The van der Waals surface area contributed by atoms with E-state index in [1.54, 1.807) is 24.3 Å². The molecule has 0 radical (unpaired) electrons. The minimum Gasteiger partial charge on any atom is -0.340 e. The van der Waals surface area contributed by atoms with Gasteiger partial charge in [0.1, 0.15) is 6.04 Å². The van der Waals surface area contributed by atoms with E-state index in [4.69, 9.17) is 11.6 Å².